The van der Waals surface area contributed by atoms with Gasteiger partial charge >= 0.3 is 7.25 Å². The lowest BCUT2D eigenvalue weighted by Crippen LogP contribution is -2.43. The average Bonchev–Trinajstić information content (AvgIpc) is 2.46. The van der Waals surface area contributed by atoms with Gasteiger partial charge in [-0.15, -0.1) is 0 Å². The van der Waals surface area contributed by atoms with Crippen LogP contribution < -0.4 is 0 Å². The molecule has 1 aliphatic rings. The minimum atomic E-state index is -6.00. The maximum atomic E-state index is 9.75. The fourth-order valence-corrected chi connectivity index (χ4v) is 1.63. The largest absolute Gasteiger partial charge is 0.673 e. The molecule has 0 aromatic rings. The number of likely N-dealkylation sites (N-methyl/N-ethyl adjacent to an activating group) is 1. The van der Waals surface area contributed by atoms with Gasteiger partial charge in [-0.25, -0.2) is 0 Å². The number of rotatable bonds is 3. The third kappa shape index (κ3) is 10.00. The van der Waals surface area contributed by atoms with Crippen molar-refractivity contribution < 1.29 is 26.5 Å². The van der Waals surface area contributed by atoms with Gasteiger partial charge in [0.25, 0.3) is 0 Å². The molecular weight excluding hydrogens is 213 g/mol. The summed E-state index contributed by atoms with van der Waals surface area (Å²) in [6.45, 7) is 4.81. The Balaban J connectivity index is 0.000000336. The molecule has 0 spiro atoms. The summed E-state index contributed by atoms with van der Waals surface area (Å²) in [6.07, 6.45) is 2.81. The van der Waals surface area contributed by atoms with Gasteiger partial charge in [0.2, 0.25) is 0 Å². The average molecular weight is 231 g/mol. The van der Waals surface area contributed by atoms with Gasteiger partial charge in [-0.3, -0.25) is 0 Å². The van der Waals surface area contributed by atoms with Crippen LogP contribution in [0.25, 0.3) is 0 Å². The lowest BCUT2D eigenvalue weighted by Gasteiger charge is -2.28. The van der Waals surface area contributed by atoms with Gasteiger partial charge in [0.15, 0.2) is 0 Å². The molecule has 7 heteroatoms. The van der Waals surface area contributed by atoms with Crippen LogP contribution >= 0.6 is 0 Å². The van der Waals surface area contributed by atoms with E-state index in [1.54, 1.807) is 7.11 Å². The fourth-order valence-electron chi connectivity index (χ4n) is 1.63. The summed E-state index contributed by atoms with van der Waals surface area (Å²) in [5, 5.41) is 0. The molecular formula is C8H18BF4NO. The third-order valence-corrected chi connectivity index (χ3v) is 2.48. The van der Waals surface area contributed by atoms with Crippen LogP contribution in [0.4, 0.5) is 17.3 Å². The Labute approximate surface area is 87.9 Å². The van der Waals surface area contributed by atoms with Crippen molar-refractivity contribution in [3.05, 3.63) is 0 Å². The van der Waals surface area contributed by atoms with Crippen LogP contribution in [0.5, 0.6) is 0 Å². The number of nitrogens with zero attached hydrogens (tertiary/aromatic N) is 1. The van der Waals surface area contributed by atoms with Crippen LogP contribution in [0.3, 0.4) is 0 Å². The number of hydrogen-bond acceptors (Lipinski definition) is 1. The summed E-state index contributed by atoms with van der Waals surface area (Å²) in [7, 11) is -1.89. The Morgan fingerprint density at radius 2 is 1.53 bits per heavy atom. The molecule has 15 heavy (non-hydrogen) atoms. The molecule has 1 fully saturated rings. The minimum Gasteiger partial charge on any atom is -0.418 e. The molecule has 0 unspecified atom stereocenters. The Morgan fingerprint density at radius 3 is 1.87 bits per heavy atom. The zero-order chi connectivity index (χ0) is 11.9. The van der Waals surface area contributed by atoms with Crippen LogP contribution in [0, 0.1) is 0 Å². The first kappa shape index (κ1) is 14.7. The van der Waals surface area contributed by atoms with Crippen molar-refractivity contribution in [2.45, 2.75) is 12.8 Å². The summed E-state index contributed by atoms with van der Waals surface area (Å²) in [6, 6.07) is 0. The SMILES string of the molecule is COCC[N+]1(C)CCCC1.F[B-](F)(F)F. The van der Waals surface area contributed by atoms with Gasteiger partial charge in [0, 0.05) is 20.0 Å². The van der Waals surface area contributed by atoms with Crippen molar-refractivity contribution >= 4 is 7.25 Å². The first-order valence-electron chi connectivity index (χ1n) is 4.97. The zero-order valence-electron chi connectivity index (χ0n) is 9.19. The molecule has 0 aromatic heterocycles. The normalized spacial score (nSPS) is 19.6. The third-order valence-electron chi connectivity index (χ3n) is 2.48. The van der Waals surface area contributed by atoms with Crippen molar-refractivity contribution in [2.75, 3.05) is 40.4 Å². The standard InChI is InChI=1S/C8H18NO.BF4/c1-9(7-8-10-2)5-3-4-6-9;2-1(3,4)5/h3-8H2,1-2H3;/q+1;-1. The Bertz CT molecular complexity index is 165. The maximum Gasteiger partial charge on any atom is 0.673 e. The van der Waals surface area contributed by atoms with Crippen LogP contribution in [0.1, 0.15) is 12.8 Å². The summed E-state index contributed by atoms with van der Waals surface area (Å²) >= 11 is 0. The van der Waals surface area contributed by atoms with E-state index in [1.807, 2.05) is 0 Å². The molecule has 1 rings (SSSR count). The first-order valence-corrected chi connectivity index (χ1v) is 4.97. The zero-order valence-corrected chi connectivity index (χ0v) is 9.19. The first-order chi connectivity index (χ1) is 6.77. The van der Waals surface area contributed by atoms with E-state index in [9.17, 15) is 17.3 Å². The van der Waals surface area contributed by atoms with Crippen molar-refractivity contribution in [1.29, 1.82) is 0 Å². The second kappa shape index (κ2) is 6.32. The summed E-state index contributed by atoms with van der Waals surface area (Å²) in [4.78, 5) is 0. The van der Waals surface area contributed by atoms with Gasteiger partial charge in [-0.2, -0.15) is 0 Å². The second-order valence-corrected chi connectivity index (χ2v) is 3.99. The summed E-state index contributed by atoms with van der Waals surface area (Å²) in [5.41, 5.74) is 0. The Hall–Kier alpha value is -0.295. The van der Waals surface area contributed by atoms with Gasteiger partial charge in [0.1, 0.15) is 6.54 Å². The molecule has 92 valence electrons. The minimum absolute atomic E-state index is 0.913. The maximum absolute atomic E-state index is 9.75. The highest BCUT2D eigenvalue weighted by Crippen LogP contribution is 2.15. The predicted octanol–water partition coefficient (Wildman–Crippen LogP) is 2.17. The number of quaternary nitrogens is 1. The molecule has 0 N–H and O–H groups in total. The van der Waals surface area contributed by atoms with Crippen LogP contribution in [-0.2, 0) is 4.74 Å². The van der Waals surface area contributed by atoms with Gasteiger partial charge < -0.3 is 26.5 Å². The molecule has 0 bridgehead atoms. The Kier molecular flexibility index (Phi) is 6.20. The number of hydrogen-bond donors (Lipinski definition) is 0. The van der Waals surface area contributed by atoms with Crippen molar-refractivity contribution in [3.63, 3.8) is 0 Å². The van der Waals surface area contributed by atoms with Crippen LogP contribution in [0.2, 0.25) is 0 Å². The molecule has 0 aliphatic carbocycles. The van der Waals surface area contributed by atoms with Crippen molar-refractivity contribution in [1.82, 2.24) is 0 Å². The summed E-state index contributed by atoms with van der Waals surface area (Å²) in [5.74, 6) is 0. The van der Waals surface area contributed by atoms with Gasteiger partial charge in [-0.1, -0.05) is 0 Å². The highest BCUT2D eigenvalue weighted by Gasteiger charge is 2.25. The fraction of sp³-hybridized carbons (Fsp3) is 1.00. The highest BCUT2D eigenvalue weighted by atomic mass is 19.5. The topological polar surface area (TPSA) is 9.23 Å². The van der Waals surface area contributed by atoms with E-state index in [4.69, 9.17) is 4.74 Å². The highest BCUT2D eigenvalue weighted by molar-refractivity contribution is 6.50. The molecule has 1 aliphatic heterocycles. The quantitative estimate of drug-likeness (QED) is 0.411. The number of methoxy groups -OCH3 is 1. The lowest BCUT2D eigenvalue weighted by molar-refractivity contribution is -0.897. The smallest absolute Gasteiger partial charge is 0.418 e. The van der Waals surface area contributed by atoms with E-state index in [0.717, 1.165) is 6.61 Å². The molecule has 0 amide bonds. The predicted molar refractivity (Wildman–Crippen MR) is 52.1 cm³/mol. The number of ether oxygens (including phenoxy) is 1. The second-order valence-electron chi connectivity index (χ2n) is 3.99. The van der Waals surface area contributed by atoms with Crippen molar-refractivity contribution in [3.8, 4) is 0 Å². The lowest BCUT2D eigenvalue weighted by atomic mass is 10.3. The molecule has 0 aromatic carbocycles. The molecule has 1 heterocycles. The van der Waals surface area contributed by atoms with E-state index in [1.165, 1.54) is 37.0 Å². The van der Waals surface area contributed by atoms with Crippen LogP contribution in [-0.4, -0.2) is 52.1 Å². The molecule has 0 radical (unpaired) electrons. The van der Waals surface area contributed by atoms with Gasteiger partial charge in [-0.05, 0) is 0 Å². The van der Waals surface area contributed by atoms with E-state index < -0.39 is 7.25 Å². The van der Waals surface area contributed by atoms with Gasteiger partial charge in [0.05, 0.1) is 26.7 Å². The number of halogens is 4. The Morgan fingerprint density at radius 1 is 1.13 bits per heavy atom. The van der Waals surface area contributed by atoms with E-state index in [2.05, 4.69) is 7.05 Å². The molecule has 0 saturated carbocycles. The molecule has 2 nitrogen and oxygen atoms in total. The van der Waals surface area contributed by atoms with E-state index in [0.29, 0.717) is 0 Å². The molecule has 0 atom stereocenters. The molecule has 1 saturated heterocycles. The summed E-state index contributed by atoms with van der Waals surface area (Å²) < 4.78 is 45.3. The van der Waals surface area contributed by atoms with E-state index in [-0.39, 0.29) is 0 Å². The van der Waals surface area contributed by atoms with E-state index >= 15 is 0 Å². The number of likely N-dealkylation sites (tertiary alicyclic amines) is 1. The van der Waals surface area contributed by atoms with Crippen LogP contribution in [0.15, 0.2) is 0 Å². The van der Waals surface area contributed by atoms with Crippen molar-refractivity contribution in [2.24, 2.45) is 0 Å². The monoisotopic (exact) mass is 231 g/mol.